The molecular weight excluding hydrogens is 423 g/mol. The quantitative estimate of drug-likeness (QED) is 0.610. The second-order valence-corrected chi connectivity index (χ2v) is 8.72. The number of carbonyl (C=O) groups is 4. The summed E-state index contributed by atoms with van der Waals surface area (Å²) in [6.45, 7) is 4.35. The van der Waals surface area contributed by atoms with E-state index >= 15 is 0 Å². The molecule has 176 valence electrons. The average Bonchev–Trinajstić information content (AvgIpc) is 3.25. The van der Waals surface area contributed by atoms with Gasteiger partial charge in [0.1, 0.15) is 17.7 Å². The number of likely N-dealkylation sites (tertiary alicyclic amines) is 1. The Balaban J connectivity index is 2.19. The lowest BCUT2D eigenvalue weighted by Crippen LogP contribution is -2.52. The Morgan fingerprint density at radius 2 is 1.90 bits per heavy atom. The van der Waals surface area contributed by atoms with Crippen molar-refractivity contribution in [1.82, 2.24) is 15.5 Å². The van der Waals surface area contributed by atoms with Crippen LogP contribution in [0.2, 0.25) is 0 Å². The SMILES string of the molecule is COC(=O)[C@H](C[C@@H]1CCNC1=O)NC(=O)[C@@H]1C[C@@H](C(F)(F)F)CN1C(=O)OC(C)(C)C. The van der Waals surface area contributed by atoms with E-state index in [1.54, 1.807) is 20.8 Å². The molecule has 0 spiro atoms. The highest BCUT2D eigenvalue weighted by Gasteiger charge is 2.52. The van der Waals surface area contributed by atoms with Crippen LogP contribution in [0.5, 0.6) is 0 Å². The fourth-order valence-electron chi connectivity index (χ4n) is 3.62. The average molecular weight is 451 g/mol. The van der Waals surface area contributed by atoms with Crippen molar-refractivity contribution in [2.24, 2.45) is 11.8 Å². The highest BCUT2D eigenvalue weighted by molar-refractivity contribution is 5.90. The van der Waals surface area contributed by atoms with E-state index in [1.807, 2.05) is 0 Å². The lowest BCUT2D eigenvalue weighted by atomic mass is 9.97. The Kier molecular flexibility index (Phi) is 7.43. The second kappa shape index (κ2) is 9.31. The van der Waals surface area contributed by atoms with Crippen LogP contribution in [-0.4, -0.2) is 72.8 Å². The zero-order valence-corrected chi connectivity index (χ0v) is 17.9. The van der Waals surface area contributed by atoms with Crippen molar-refractivity contribution in [1.29, 1.82) is 0 Å². The number of esters is 1. The van der Waals surface area contributed by atoms with Crippen molar-refractivity contribution in [3.05, 3.63) is 0 Å². The van der Waals surface area contributed by atoms with Crippen LogP contribution in [0.3, 0.4) is 0 Å². The van der Waals surface area contributed by atoms with E-state index in [0.29, 0.717) is 13.0 Å². The van der Waals surface area contributed by atoms with E-state index in [4.69, 9.17) is 4.74 Å². The molecule has 31 heavy (non-hydrogen) atoms. The first-order chi connectivity index (χ1) is 14.2. The van der Waals surface area contributed by atoms with Gasteiger partial charge >= 0.3 is 18.2 Å². The van der Waals surface area contributed by atoms with E-state index in [-0.39, 0.29) is 12.3 Å². The van der Waals surface area contributed by atoms with Crippen molar-refractivity contribution in [2.75, 3.05) is 20.2 Å². The maximum Gasteiger partial charge on any atom is 0.410 e. The molecule has 0 unspecified atom stereocenters. The molecular formula is C19H28F3N3O6. The molecule has 2 N–H and O–H groups in total. The summed E-state index contributed by atoms with van der Waals surface area (Å²) < 4.78 is 49.7. The highest BCUT2D eigenvalue weighted by Crippen LogP contribution is 2.37. The van der Waals surface area contributed by atoms with Crippen LogP contribution in [0, 0.1) is 11.8 Å². The molecule has 9 nitrogen and oxygen atoms in total. The highest BCUT2D eigenvalue weighted by atomic mass is 19.4. The maximum atomic E-state index is 13.3. The van der Waals surface area contributed by atoms with Gasteiger partial charge in [-0.2, -0.15) is 13.2 Å². The third kappa shape index (κ3) is 6.47. The number of carbonyl (C=O) groups excluding carboxylic acids is 4. The normalized spacial score (nSPS) is 25.1. The molecule has 3 amide bonds. The molecule has 2 saturated heterocycles. The minimum atomic E-state index is -4.61. The number of nitrogens with one attached hydrogen (secondary N) is 2. The summed E-state index contributed by atoms with van der Waals surface area (Å²) in [5, 5.41) is 4.97. The van der Waals surface area contributed by atoms with E-state index in [1.165, 1.54) is 0 Å². The van der Waals surface area contributed by atoms with E-state index in [9.17, 15) is 32.3 Å². The Hall–Kier alpha value is -2.53. The van der Waals surface area contributed by atoms with Gasteiger partial charge < -0.3 is 20.1 Å². The standard InChI is InChI=1S/C19H28F3N3O6/c1-18(2,3)31-17(29)25-9-11(19(20,21)22)8-13(25)15(27)24-12(16(28)30-4)7-10-5-6-23-14(10)26/h10-13H,5-9H2,1-4H3,(H,23,26)(H,24,27)/t10-,11+,12-,13-/m0/s1. The lowest BCUT2D eigenvalue weighted by molar-refractivity contribution is -0.170. The molecule has 0 aliphatic carbocycles. The summed E-state index contributed by atoms with van der Waals surface area (Å²) in [5.74, 6) is -4.50. The number of amides is 3. The molecule has 0 aromatic carbocycles. The van der Waals surface area contributed by atoms with Crippen molar-refractivity contribution in [3.63, 3.8) is 0 Å². The minimum absolute atomic E-state index is 0.0634. The summed E-state index contributed by atoms with van der Waals surface area (Å²) >= 11 is 0. The molecule has 0 aromatic rings. The zero-order valence-electron chi connectivity index (χ0n) is 17.9. The number of ether oxygens (including phenoxy) is 2. The maximum absolute atomic E-state index is 13.3. The van der Waals surface area contributed by atoms with Gasteiger partial charge in [-0.1, -0.05) is 0 Å². The Morgan fingerprint density at radius 1 is 1.26 bits per heavy atom. The number of rotatable bonds is 5. The Labute approximate surface area is 178 Å². The number of nitrogens with zero attached hydrogens (tertiary/aromatic N) is 1. The minimum Gasteiger partial charge on any atom is -0.467 e. The van der Waals surface area contributed by atoms with Crippen LogP contribution in [0.1, 0.15) is 40.0 Å². The second-order valence-electron chi connectivity index (χ2n) is 8.72. The molecule has 2 heterocycles. The van der Waals surface area contributed by atoms with E-state index < -0.39 is 66.6 Å². The third-order valence-corrected chi connectivity index (χ3v) is 5.18. The first-order valence-electron chi connectivity index (χ1n) is 9.95. The van der Waals surface area contributed by atoms with Gasteiger partial charge in [0.2, 0.25) is 11.8 Å². The van der Waals surface area contributed by atoms with Gasteiger partial charge in [-0.3, -0.25) is 14.5 Å². The molecule has 0 radical (unpaired) electrons. The molecule has 0 saturated carbocycles. The number of hydrogen-bond donors (Lipinski definition) is 2. The van der Waals surface area contributed by atoms with Gasteiger partial charge in [-0.15, -0.1) is 0 Å². The van der Waals surface area contributed by atoms with Crippen LogP contribution in [0.15, 0.2) is 0 Å². The van der Waals surface area contributed by atoms with Crippen LogP contribution in [0.4, 0.5) is 18.0 Å². The summed E-state index contributed by atoms with van der Waals surface area (Å²) in [7, 11) is 1.10. The molecule has 2 aliphatic heterocycles. The Bertz CT molecular complexity index is 722. The first kappa shape index (κ1) is 24.7. The lowest BCUT2D eigenvalue weighted by Gasteiger charge is -2.29. The first-order valence-corrected chi connectivity index (χ1v) is 9.95. The van der Waals surface area contributed by atoms with Crippen LogP contribution >= 0.6 is 0 Å². The van der Waals surface area contributed by atoms with Crippen molar-refractivity contribution >= 4 is 23.9 Å². The van der Waals surface area contributed by atoms with Gasteiger partial charge in [0.05, 0.1) is 13.0 Å². The number of hydrogen-bond acceptors (Lipinski definition) is 6. The molecule has 0 bridgehead atoms. The molecule has 2 rings (SSSR count). The molecule has 2 fully saturated rings. The van der Waals surface area contributed by atoms with E-state index in [0.717, 1.165) is 12.0 Å². The largest absolute Gasteiger partial charge is 0.467 e. The molecule has 12 heteroatoms. The zero-order chi connectivity index (χ0) is 23.6. The summed E-state index contributed by atoms with van der Waals surface area (Å²) in [4.78, 5) is 50.0. The van der Waals surface area contributed by atoms with Gasteiger partial charge in [-0.05, 0) is 40.0 Å². The van der Waals surface area contributed by atoms with Crippen molar-refractivity contribution in [2.45, 2.75) is 63.9 Å². The van der Waals surface area contributed by atoms with Crippen molar-refractivity contribution in [3.8, 4) is 0 Å². The van der Waals surface area contributed by atoms with Gasteiger partial charge in [0.25, 0.3) is 0 Å². The number of methoxy groups -OCH3 is 1. The third-order valence-electron chi connectivity index (χ3n) is 5.18. The predicted molar refractivity (Wildman–Crippen MR) is 101 cm³/mol. The molecule has 4 atom stereocenters. The summed E-state index contributed by atoms with van der Waals surface area (Å²) in [5.41, 5.74) is -0.973. The molecule has 0 aromatic heterocycles. The summed E-state index contributed by atoms with van der Waals surface area (Å²) in [6, 6.07) is -2.72. The van der Waals surface area contributed by atoms with Gasteiger partial charge in [-0.25, -0.2) is 9.59 Å². The number of alkyl halides is 3. The predicted octanol–water partition coefficient (Wildman–Crippen LogP) is 1.36. The summed E-state index contributed by atoms with van der Waals surface area (Å²) in [6.07, 6.45) is -5.94. The van der Waals surface area contributed by atoms with Crippen LogP contribution in [0.25, 0.3) is 0 Å². The van der Waals surface area contributed by atoms with Crippen LogP contribution < -0.4 is 10.6 Å². The topological polar surface area (TPSA) is 114 Å². The van der Waals surface area contributed by atoms with Crippen molar-refractivity contribution < 1.29 is 41.8 Å². The van der Waals surface area contributed by atoms with Gasteiger partial charge in [0.15, 0.2) is 0 Å². The fraction of sp³-hybridized carbons (Fsp3) is 0.789. The van der Waals surface area contributed by atoms with Gasteiger partial charge in [0, 0.05) is 19.0 Å². The Morgan fingerprint density at radius 3 is 2.39 bits per heavy atom. The van der Waals surface area contributed by atoms with E-state index in [2.05, 4.69) is 15.4 Å². The molecule has 2 aliphatic rings. The number of halogens is 3. The van der Waals surface area contributed by atoms with Crippen LogP contribution in [-0.2, 0) is 23.9 Å². The fourth-order valence-corrected chi connectivity index (χ4v) is 3.62. The smallest absolute Gasteiger partial charge is 0.410 e. The monoisotopic (exact) mass is 451 g/mol.